The molecule has 3 aromatic heterocycles. The first kappa shape index (κ1) is 27.7. The number of hydrogen-bond donors (Lipinski definition) is 3. The van der Waals surface area contributed by atoms with Gasteiger partial charge in [0.05, 0.1) is 23.4 Å². The van der Waals surface area contributed by atoms with E-state index in [2.05, 4.69) is 55.9 Å². The van der Waals surface area contributed by atoms with Crippen molar-refractivity contribution in [3.63, 3.8) is 0 Å². The normalized spacial score (nSPS) is 16.6. The van der Waals surface area contributed by atoms with Crippen LogP contribution in [0.1, 0.15) is 51.3 Å². The Balaban J connectivity index is 1.25. The first-order valence-electron chi connectivity index (χ1n) is 14.5. The van der Waals surface area contributed by atoms with Crippen molar-refractivity contribution in [1.82, 2.24) is 19.9 Å². The summed E-state index contributed by atoms with van der Waals surface area (Å²) in [6.07, 6.45) is 3.74. The number of nitrogens with one attached hydrogen (secondary N) is 2. The topological polar surface area (TPSA) is 98.7 Å². The molecule has 0 bridgehead atoms. The molecule has 0 saturated carbocycles. The van der Waals surface area contributed by atoms with Gasteiger partial charge in [-0.15, -0.1) is 11.3 Å². The zero-order valence-electron chi connectivity index (χ0n) is 24.3. The Bertz CT molecular complexity index is 1520. The van der Waals surface area contributed by atoms with Crippen molar-refractivity contribution in [3.05, 3.63) is 53.0 Å². The van der Waals surface area contributed by atoms with E-state index in [0.29, 0.717) is 29.9 Å². The zero-order valence-corrected chi connectivity index (χ0v) is 25.1. The van der Waals surface area contributed by atoms with Crippen LogP contribution >= 0.6 is 11.3 Å². The number of aromatic nitrogens is 3. The molecule has 2 fully saturated rings. The fourth-order valence-corrected chi connectivity index (χ4v) is 6.55. The third-order valence-electron chi connectivity index (χ3n) is 7.97. The second-order valence-corrected chi connectivity index (χ2v) is 12.3. The molecule has 2 aliphatic heterocycles. The van der Waals surface area contributed by atoms with Crippen molar-refractivity contribution >= 4 is 50.5 Å². The number of pyridine rings is 1. The Kier molecular flexibility index (Phi) is 7.72. The Labute approximate surface area is 245 Å². The summed E-state index contributed by atoms with van der Waals surface area (Å²) in [7, 11) is 0. The Morgan fingerprint density at radius 2 is 1.85 bits per heavy atom. The Morgan fingerprint density at radius 1 is 1.05 bits per heavy atom. The number of nitrogens with zero attached hydrogens (tertiary/aromatic N) is 5. The molecule has 0 spiro atoms. The van der Waals surface area contributed by atoms with E-state index < -0.39 is 5.60 Å². The lowest BCUT2D eigenvalue weighted by atomic mass is 9.99. The molecule has 2 saturated heterocycles. The van der Waals surface area contributed by atoms with Crippen molar-refractivity contribution in [2.45, 2.75) is 58.6 Å². The van der Waals surface area contributed by atoms with Crippen LogP contribution < -0.4 is 20.3 Å². The molecule has 10 heteroatoms. The van der Waals surface area contributed by atoms with Crippen LogP contribution in [0.2, 0.25) is 0 Å². The van der Waals surface area contributed by atoms with Gasteiger partial charge >= 0.3 is 0 Å². The number of ether oxygens (including phenoxy) is 1. The number of fused-ring (bicyclic) bond motifs is 1. The van der Waals surface area contributed by atoms with Crippen molar-refractivity contribution in [1.29, 1.82) is 0 Å². The monoisotopic (exact) mass is 573 g/mol. The molecule has 0 atom stereocenters. The number of aliphatic hydroxyl groups is 1. The number of likely N-dealkylation sites (tertiary alicyclic amines) is 1. The van der Waals surface area contributed by atoms with Crippen molar-refractivity contribution < 1.29 is 9.84 Å². The third kappa shape index (κ3) is 5.95. The van der Waals surface area contributed by atoms with Crippen LogP contribution in [0.15, 0.2) is 41.8 Å². The molecule has 216 valence electrons. The predicted molar refractivity (Wildman–Crippen MR) is 167 cm³/mol. The Morgan fingerprint density at radius 3 is 2.56 bits per heavy atom. The first-order chi connectivity index (χ1) is 19.8. The summed E-state index contributed by atoms with van der Waals surface area (Å²) in [5, 5.41) is 20.3. The molecule has 4 aromatic rings. The fraction of sp³-hybridized carbons (Fsp3) is 0.452. The number of anilines is 5. The Hall–Kier alpha value is -3.47. The lowest BCUT2D eigenvalue weighted by molar-refractivity contribution is 0.0740. The second kappa shape index (κ2) is 11.4. The summed E-state index contributed by atoms with van der Waals surface area (Å²) >= 11 is 1.58. The van der Waals surface area contributed by atoms with E-state index in [1.54, 1.807) is 25.2 Å². The first-order valence-corrected chi connectivity index (χ1v) is 15.4. The van der Waals surface area contributed by atoms with E-state index in [-0.39, 0.29) is 0 Å². The minimum atomic E-state index is -1.04. The highest BCUT2D eigenvalue weighted by Crippen LogP contribution is 2.37. The predicted octanol–water partition coefficient (Wildman–Crippen LogP) is 6.18. The average molecular weight is 574 g/mol. The van der Waals surface area contributed by atoms with E-state index in [1.807, 2.05) is 25.1 Å². The molecular weight excluding hydrogens is 534 g/mol. The molecule has 9 nitrogen and oxygen atoms in total. The summed E-state index contributed by atoms with van der Waals surface area (Å²) in [4.78, 5) is 20.3. The molecule has 0 unspecified atom stereocenters. The van der Waals surface area contributed by atoms with Crippen LogP contribution in [0.25, 0.3) is 10.2 Å². The minimum absolute atomic E-state index is 0.492. The molecule has 0 amide bonds. The summed E-state index contributed by atoms with van der Waals surface area (Å²) in [5.74, 6) is 2.65. The van der Waals surface area contributed by atoms with Crippen LogP contribution in [0.4, 0.5) is 29.0 Å². The van der Waals surface area contributed by atoms with Gasteiger partial charge in [0, 0.05) is 30.9 Å². The van der Waals surface area contributed by atoms with Crippen LogP contribution in [-0.2, 0) is 5.60 Å². The zero-order chi connectivity index (χ0) is 28.6. The molecule has 1 aromatic carbocycles. The van der Waals surface area contributed by atoms with E-state index in [0.717, 1.165) is 52.0 Å². The molecule has 6 rings (SSSR count). The SMILES string of the molecule is CCOc1cc(Nc2nc(Nc3cccc(C(C)(C)O)n3)c3c(C)csc3n2)ccc1N1CCC(N2CCC2)CC1. The molecule has 0 radical (unpaired) electrons. The standard InChI is InChI=1S/C31H39N7O2S/c1-5-40-24-18-21(10-11-23(24)38-16-12-22(13-17-38)37-14-7-15-37)32-30-35-28(27-20(2)19-41-29(27)36-30)34-26-9-6-8-25(33-26)31(3,4)39/h6,8-11,18-19,22,39H,5,7,12-17H2,1-4H3,(H2,32,33,34,35,36). The number of aryl methyl sites for hydroxylation is 1. The van der Waals surface area contributed by atoms with Gasteiger partial charge in [0.2, 0.25) is 5.95 Å². The smallest absolute Gasteiger partial charge is 0.230 e. The largest absolute Gasteiger partial charge is 0.492 e. The highest BCUT2D eigenvalue weighted by molar-refractivity contribution is 7.17. The highest BCUT2D eigenvalue weighted by atomic mass is 32.1. The number of thiophene rings is 1. The molecule has 3 N–H and O–H groups in total. The summed E-state index contributed by atoms with van der Waals surface area (Å²) in [5.41, 5.74) is 2.65. The number of hydrogen-bond acceptors (Lipinski definition) is 10. The summed E-state index contributed by atoms with van der Waals surface area (Å²) < 4.78 is 6.12. The maximum absolute atomic E-state index is 10.4. The van der Waals surface area contributed by atoms with Gasteiger partial charge in [-0.1, -0.05) is 6.07 Å². The average Bonchev–Trinajstić information content (AvgIpc) is 3.29. The van der Waals surface area contributed by atoms with Gasteiger partial charge in [-0.3, -0.25) is 0 Å². The van der Waals surface area contributed by atoms with Crippen LogP contribution in [0, 0.1) is 6.92 Å². The lowest BCUT2D eigenvalue weighted by Crippen LogP contribution is -2.50. The van der Waals surface area contributed by atoms with E-state index in [9.17, 15) is 5.11 Å². The molecular formula is C31H39N7O2S. The molecule has 41 heavy (non-hydrogen) atoms. The van der Waals surface area contributed by atoms with Gasteiger partial charge in [-0.25, -0.2) is 9.97 Å². The van der Waals surface area contributed by atoms with E-state index in [1.165, 1.54) is 32.4 Å². The van der Waals surface area contributed by atoms with Gasteiger partial charge in [0.15, 0.2) is 0 Å². The van der Waals surface area contributed by atoms with Gasteiger partial charge in [-0.05, 0) is 95.3 Å². The van der Waals surface area contributed by atoms with Crippen molar-refractivity contribution in [2.24, 2.45) is 0 Å². The molecule has 0 aliphatic carbocycles. The summed E-state index contributed by atoms with van der Waals surface area (Å²) in [6.45, 7) is 12.7. The van der Waals surface area contributed by atoms with Crippen molar-refractivity contribution in [3.8, 4) is 5.75 Å². The van der Waals surface area contributed by atoms with Crippen LogP contribution in [0.3, 0.4) is 0 Å². The minimum Gasteiger partial charge on any atom is -0.492 e. The van der Waals surface area contributed by atoms with Gasteiger partial charge in [0.1, 0.15) is 27.8 Å². The number of rotatable bonds is 9. The van der Waals surface area contributed by atoms with E-state index in [4.69, 9.17) is 14.7 Å². The van der Waals surface area contributed by atoms with Crippen LogP contribution in [-0.4, -0.2) is 63.8 Å². The van der Waals surface area contributed by atoms with Crippen molar-refractivity contribution in [2.75, 3.05) is 48.3 Å². The second-order valence-electron chi connectivity index (χ2n) is 11.4. The van der Waals surface area contributed by atoms with E-state index >= 15 is 0 Å². The highest BCUT2D eigenvalue weighted by Gasteiger charge is 2.29. The number of benzene rings is 1. The maximum Gasteiger partial charge on any atom is 0.230 e. The summed E-state index contributed by atoms with van der Waals surface area (Å²) in [6, 6.07) is 12.6. The maximum atomic E-state index is 10.4. The lowest BCUT2D eigenvalue weighted by Gasteiger charge is -2.43. The van der Waals surface area contributed by atoms with Gasteiger partial charge in [-0.2, -0.15) is 4.98 Å². The number of piperidine rings is 1. The van der Waals surface area contributed by atoms with Crippen LogP contribution in [0.5, 0.6) is 5.75 Å². The van der Waals surface area contributed by atoms with Gasteiger partial charge in [0.25, 0.3) is 0 Å². The van der Waals surface area contributed by atoms with Gasteiger partial charge < -0.3 is 30.3 Å². The third-order valence-corrected chi connectivity index (χ3v) is 8.96. The fourth-order valence-electron chi connectivity index (χ4n) is 5.63. The molecule has 2 aliphatic rings. The quantitative estimate of drug-likeness (QED) is 0.217. The molecule has 5 heterocycles.